The van der Waals surface area contributed by atoms with Crippen LogP contribution in [0.2, 0.25) is 5.02 Å². The predicted octanol–water partition coefficient (Wildman–Crippen LogP) is 6.12. The highest BCUT2D eigenvalue weighted by Gasteiger charge is 2.35. The first-order chi connectivity index (χ1) is 20.8. The summed E-state index contributed by atoms with van der Waals surface area (Å²) in [6.07, 6.45) is 1.75. The molecule has 0 saturated carbocycles. The second-order valence-corrected chi connectivity index (χ2v) is 11.6. The fourth-order valence-electron chi connectivity index (χ4n) is 5.08. The lowest BCUT2D eigenvalue weighted by Crippen LogP contribution is -2.40. The van der Waals surface area contributed by atoms with Crippen LogP contribution in [0.15, 0.2) is 82.1 Å². The van der Waals surface area contributed by atoms with E-state index in [1.165, 1.54) is 11.3 Å². The van der Waals surface area contributed by atoms with Crippen LogP contribution in [0.4, 0.5) is 0 Å². The summed E-state index contributed by atoms with van der Waals surface area (Å²) in [5.41, 5.74) is 3.89. The van der Waals surface area contributed by atoms with Crippen LogP contribution in [-0.4, -0.2) is 30.9 Å². The SMILES string of the molecule is CCOC(=O)C1=C(c2ccccc2)N=c2s/c(=C\c3cc(Cl)c(OCC)c(OC)c3)c(=O)n2[C@H]1c1ccc(C(C)C)cc1. The summed E-state index contributed by atoms with van der Waals surface area (Å²) < 4.78 is 18.7. The maximum absolute atomic E-state index is 14.2. The molecule has 5 rings (SSSR count). The Morgan fingerprint density at radius 3 is 2.42 bits per heavy atom. The van der Waals surface area contributed by atoms with Gasteiger partial charge in [-0.15, -0.1) is 0 Å². The molecule has 0 amide bonds. The minimum atomic E-state index is -0.743. The minimum Gasteiger partial charge on any atom is -0.493 e. The van der Waals surface area contributed by atoms with Gasteiger partial charge in [-0.3, -0.25) is 9.36 Å². The Kier molecular flexibility index (Phi) is 9.18. The van der Waals surface area contributed by atoms with Crippen molar-refractivity contribution in [1.29, 1.82) is 0 Å². The summed E-state index contributed by atoms with van der Waals surface area (Å²) in [6.45, 7) is 8.49. The molecule has 9 heteroatoms. The fourth-order valence-corrected chi connectivity index (χ4v) is 6.35. The number of nitrogens with zero attached hydrogens (tertiary/aromatic N) is 2. The molecule has 0 unspecified atom stereocenters. The number of fused-ring (bicyclic) bond motifs is 1. The van der Waals surface area contributed by atoms with Crippen molar-refractivity contribution in [2.24, 2.45) is 4.99 Å². The van der Waals surface area contributed by atoms with Crippen LogP contribution in [-0.2, 0) is 9.53 Å². The molecule has 43 heavy (non-hydrogen) atoms. The highest BCUT2D eigenvalue weighted by atomic mass is 35.5. The zero-order valence-electron chi connectivity index (χ0n) is 24.7. The van der Waals surface area contributed by atoms with Gasteiger partial charge in [-0.25, -0.2) is 9.79 Å². The number of esters is 1. The highest BCUT2D eigenvalue weighted by Crippen LogP contribution is 2.37. The third-order valence-corrected chi connectivity index (χ3v) is 8.39. The van der Waals surface area contributed by atoms with Crippen molar-refractivity contribution in [3.63, 3.8) is 0 Å². The standard InChI is InChI=1S/C34H33ClN2O5S/c1-6-41-31-25(35)17-21(18-26(31)40-5)19-27-32(38)37-30(24-15-13-22(14-16-24)20(3)4)28(33(39)42-7-2)29(36-34(37)43-27)23-11-9-8-10-12-23/h8-20,30H,6-7H2,1-5H3/b27-19-/t30-/m0/s1. The van der Waals surface area contributed by atoms with Crippen LogP contribution in [0.25, 0.3) is 11.8 Å². The molecule has 1 atom stereocenters. The topological polar surface area (TPSA) is 79.1 Å². The third kappa shape index (κ3) is 6.03. The molecule has 0 saturated heterocycles. The Morgan fingerprint density at radius 1 is 1.07 bits per heavy atom. The second-order valence-electron chi connectivity index (χ2n) is 10.2. The Morgan fingerprint density at radius 2 is 1.79 bits per heavy atom. The molecule has 0 fully saturated rings. The number of methoxy groups -OCH3 is 1. The largest absolute Gasteiger partial charge is 0.493 e. The maximum Gasteiger partial charge on any atom is 0.338 e. The van der Waals surface area contributed by atoms with Gasteiger partial charge >= 0.3 is 5.97 Å². The molecular formula is C34H33ClN2O5S. The molecule has 0 radical (unpaired) electrons. The summed E-state index contributed by atoms with van der Waals surface area (Å²) in [5, 5.41) is 0.374. The molecule has 222 valence electrons. The summed E-state index contributed by atoms with van der Waals surface area (Å²) in [4.78, 5) is 33.2. The monoisotopic (exact) mass is 616 g/mol. The lowest BCUT2D eigenvalue weighted by atomic mass is 9.91. The van der Waals surface area contributed by atoms with E-state index in [2.05, 4.69) is 13.8 Å². The van der Waals surface area contributed by atoms with Gasteiger partial charge in [0, 0.05) is 5.56 Å². The number of hydrogen-bond acceptors (Lipinski definition) is 7. The molecule has 0 aliphatic carbocycles. The molecule has 0 spiro atoms. The summed E-state index contributed by atoms with van der Waals surface area (Å²) in [6, 6.07) is 20.3. The first-order valence-electron chi connectivity index (χ1n) is 14.2. The molecule has 2 heterocycles. The number of thiazole rings is 1. The van der Waals surface area contributed by atoms with Gasteiger partial charge in [-0.2, -0.15) is 0 Å². The van der Waals surface area contributed by atoms with E-state index in [1.807, 2.05) is 61.5 Å². The van der Waals surface area contributed by atoms with Crippen LogP contribution in [0.5, 0.6) is 11.5 Å². The normalized spacial score (nSPS) is 14.9. The quantitative estimate of drug-likeness (QED) is 0.212. The van der Waals surface area contributed by atoms with Crippen molar-refractivity contribution >= 4 is 40.7 Å². The van der Waals surface area contributed by atoms with E-state index in [0.717, 1.165) is 16.7 Å². The molecule has 0 bridgehead atoms. The second kappa shape index (κ2) is 13.0. The van der Waals surface area contributed by atoms with Crippen molar-refractivity contribution in [2.75, 3.05) is 20.3 Å². The Balaban J connectivity index is 1.78. The fraction of sp³-hybridized carbons (Fsp3) is 0.265. The predicted molar refractivity (Wildman–Crippen MR) is 171 cm³/mol. The number of aromatic nitrogens is 1. The number of benzene rings is 3. The summed E-state index contributed by atoms with van der Waals surface area (Å²) >= 11 is 7.78. The van der Waals surface area contributed by atoms with Crippen molar-refractivity contribution in [2.45, 2.75) is 39.7 Å². The lowest BCUT2D eigenvalue weighted by molar-refractivity contribution is -0.138. The average molecular weight is 617 g/mol. The van der Waals surface area contributed by atoms with Crippen molar-refractivity contribution < 1.29 is 19.0 Å². The first kappa shape index (κ1) is 30.3. The van der Waals surface area contributed by atoms with Gasteiger partial charge in [0.2, 0.25) is 0 Å². The average Bonchev–Trinajstić information content (AvgIpc) is 3.32. The zero-order valence-corrected chi connectivity index (χ0v) is 26.3. The van der Waals surface area contributed by atoms with Crippen LogP contribution in [0, 0.1) is 0 Å². The van der Waals surface area contributed by atoms with Crippen LogP contribution in [0.3, 0.4) is 0 Å². The van der Waals surface area contributed by atoms with Gasteiger partial charge in [0.1, 0.15) is 0 Å². The molecule has 7 nitrogen and oxygen atoms in total. The number of rotatable bonds is 9. The molecule has 1 aliphatic rings. The molecule has 0 N–H and O–H groups in total. The third-order valence-electron chi connectivity index (χ3n) is 7.13. The molecular weight excluding hydrogens is 584 g/mol. The Labute approximate surface area is 259 Å². The van der Waals surface area contributed by atoms with E-state index in [1.54, 1.807) is 36.8 Å². The van der Waals surface area contributed by atoms with Gasteiger partial charge in [-0.05, 0) is 54.7 Å². The van der Waals surface area contributed by atoms with E-state index in [0.29, 0.717) is 55.2 Å². The molecule has 3 aromatic carbocycles. The van der Waals surface area contributed by atoms with Gasteiger partial charge in [0.15, 0.2) is 16.3 Å². The van der Waals surface area contributed by atoms with Gasteiger partial charge < -0.3 is 14.2 Å². The van der Waals surface area contributed by atoms with E-state index in [9.17, 15) is 9.59 Å². The number of carbonyl (C=O) groups excluding carboxylic acids is 1. The Bertz CT molecular complexity index is 1860. The number of ether oxygens (including phenoxy) is 3. The van der Waals surface area contributed by atoms with Gasteiger partial charge in [-0.1, -0.05) is 91.4 Å². The van der Waals surface area contributed by atoms with Gasteiger partial charge in [0.05, 0.1) is 47.2 Å². The maximum atomic E-state index is 14.2. The smallest absolute Gasteiger partial charge is 0.338 e. The van der Waals surface area contributed by atoms with Crippen LogP contribution >= 0.6 is 22.9 Å². The summed E-state index contributed by atoms with van der Waals surface area (Å²) in [7, 11) is 1.54. The number of carbonyl (C=O) groups is 1. The molecule has 4 aromatic rings. The number of hydrogen-bond donors (Lipinski definition) is 0. The molecule has 1 aliphatic heterocycles. The van der Waals surface area contributed by atoms with Crippen LogP contribution in [0.1, 0.15) is 61.9 Å². The summed E-state index contributed by atoms with van der Waals surface area (Å²) in [5.74, 6) is 0.725. The van der Waals surface area contributed by atoms with E-state index in [4.69, 9.17) is 30.8 Å². The van der Waals surface area contributed by atoms with Crippen molar-refractivity contribution in [3.05, 3.63) is 119 Å². The van der Waals surface area contributed by atoms with Crippen molar-refractivity contribution in [1.82, 2.24) is 4.57 Å². The highest BCUT2D eigenvalue weighted by molar-refractivity contribution is 7.07. The zero-order chi connectivity index (χ0) is 30.7. The van der Waals surface area contributed by atoms with Crippen LogP contribution < -0.4 is 24.4 Å². The van der Waals surface area contributed by atoms with Crippen molar-refractivity contribution in [3.8, 4) is 11.5 Å². The van der Waals surface area contributed by atoms with Gasteiger partial charge in [0.25, 0.3) is 5.56 Å². The molecule has 1 aromatic heterocycles. The Hall–Kier alpha value is -4.14. The van der Waals surface area contributed by atoms with E-state index in [-0.39, 0.29) is 12.2 Å². The minimum absolute atomic E-state index is 0.189. The number of halogens is 1. The van der Waals surface area contributed by atoms with E-state index < -0.39 is 12.0 Å². The lowest BCUT2D eigenvalue weighted by Gasteiger charge is -2.26. The first-order valence-corrected chi connectivity index (χ1v) is 15.3. The van der Waals surface area contributed by atoms with E-state index >= 15 is 0 Å².